The summed E-state index contributed by atoms with van der Waals surface area (Å²) in [5, 5.41) is 2.86. The second-order valence-electron chi connectivity index (χ2n) is 4.51. The monoisotopic (exact) mass is 264 g/mol. The molecule has 0 bridgehead atoms. The number of ether oxygens (including phenoxy) is 2. The standard InChI is InChI=1S/C14H20N2O3/c1-4-16(5-2)8-11-6-13-14(19-9-18-13)7-12(11)15-10(3)17/h6-7H,4-5,8-9H2,1-3H3,(H,15,17). The highest BCUT2D eigenvalue weighted by molar-refractivity contribution is 5.90. The SMILES string of the molecule is CCN(CC)Cc1cc2c(cc1NC(C)=O)OCO2. The molecule has 1 aliphatic rings. The van der Waals surface area contributed by atoms with Crippen LogP contribution in [0.4, 0.5) is 5.69 Å². The third-order valence-corrected chi connectivity index (χ3v) is 3.20. The highest BCUT2D eigenvalue weighted by Gasteiger charge is 2.18. The molecule has 0 spiro atoms. The van der Waals surface area contributed by atoms with E-state index in [9.17, 15) is 4.79 Å². The average molecular weight is 264 g/mol. The Labute approximate surface area is 113 Å². The molecule has 0 unspecified atom stereocenters. The van der Waals surface area contributed by atoms with Crippen molar-refractivity contribution in [1.82, 2.24) is 4.90 Å². The Morgan fingerprint density at radius 2 is 1.89 bits per heavy atom. The molecule has 0 saturated carbocycles. The van der Waals surface area contributed by atoms with Crippen LogP contribution in [0.2, 0.25) is 0 Å². The fourth-order valence-electron chi connectivity index (χ4n) is 2.11. The third-order valence-electron chi connectivity index (χ3n) is 3.20. The van der Waals surface area contributed by atoms with Crippen LogP contribution < -0.4 is 14.8 Å². The molecular weight excluding hydrogens is 244 g/mol. The van der Waals surface area contributed by atoms with Crippen LogP contribution in [0, 0.1) is 0 Å². The number of nitrogens with zero attached hydrogens (tertiary/aromatic N) is 1. The van der Waals surface area contributed by atoms with Crippen molar-refractivity contribution < 1.29 is 14.3 Å². The van der Waals surface area contributed by atoms with Gasteiger partial charge in [-0.15, -0.1) is 0 Å². The van der Waals surface area contributed by atoms with Gasteiger partial charge in [-0.3, -0.25) is 9.69 Å². The van der Waals surface area contributed by atoms with Crippen LogP contribution >= 0.6 is 0 Å². The number of benzene rings is 1. The number of carbonyl (C=O) groups excluding carboxylic acids is 1. The van der Waals surface area contributed by atoms with Gasteiger partial charge in [-0.2, -0.15) is 0 Å². The number of amides is 1. The topological polar surface area (TPSA) is 50.8 Å². The van der Waals surface area contributed by atoms with E-state index in [-0.39, 0.29) is 12.7 Å². The minimum absolute atomic E-state index is 0.0836. The van der Waals surface area contributed by atoms with E-state index >= 15 is 0 Å². The van der Waals surface area contributed by atoms with Gasteiger partial charge in [0, 0.05) is 25.2 Å². The summed E-state index contributed by atoms with van der Waals surface area (Å²) in [4.78, 5) is 13.6. The summed E-state index contributed by atoms with van der Waals surface area (Å²) >= 11 is 0. The fourth-order valence-corrected chi connectivity index (χ4v) is 2.11. The van der Waals surface area contributed by atoms with E-state index in [0.717, 1.165) is 36.6 Å². The quantitative estimate of drug-likeness (QED) is 0.886. The Hall–Kier alpha value is -1.75. The first-order valence-electron chi connectivity index (χ1n) is 6.56. The van der Waals surface area contributed by atoms with Gasteiger partial charge in [-0.1, -0.05) is 13.8 Å². The van der Waals surface area contributed by atoms with Crippen molar-refractivity contribution in [3.8, 4) is 11.5 Å². The minimum Gasteiger partial charge on any atom is -0.454 e. The van der Waals surface area contributed by atoms with Crippen molar-refractivity contribution in [3.05, 3.63) is 17.7 Å². The second-order valence-corrected chi connectivity index (χ2v) is 4.51. The van der Waals surface area contributed by atoms with E-state index in [1.165, 1.54) is 6.92 Å². The predicted molar refractivity (Wildman–Crippen MR) is 73.5 cm³/mol. The van der Waals surface area contributed by atoms with Gasteiger partial charge in [-0.05, 0) is 24.7 Å². The van der Waals surface area contributed by atoms with Crippen molar-refractivity contribution >= 4 is 11.6 Å². The van der Waals surface area contributed by atoms with Crippen molar-refractivity contribution in [2.75, 3.05) is 25.2 Å². The van der Waals surface area contributed by atoms with Crippen LogP contribution in [0.3, 0.4) is 0 Å². The fraction of sp³-hybridized carbons (Fsp3) is 0.500. The third kappa shape index (κ3) is 3.17. The molecule has 1 aliphatic heterocycles. The first-order chi connectivity index (χ1) is 9.13. The van der Waals surface area contributed by atoms with Crippen LogP contribution in [-0.4, -0.2) is 30.7 Å². The Morgan fingerprint density at radius 3 is 2.47 bits per heavy atom. The molecular formula is C14H20N2O3. The van der Waals surface area contributed by atoms with Crippen LogP contribution in [0.15, 0.2) is 12.1 Å². The minimum atomic E-state index is -0.0836. The number of anilines is 1. The Morgan fingerprint density at radius 1 is 1.26 bits per heavy atom. The second kappa shape index (κ2) is 5.93. The van der Waals surface area contributed by atoms with Gasteiger partial charge in [0.2, 0.25) is 12.7 Å². The zero-order valence-corrected chi connectivity index (χ0v) is 11.7. The number of rotatable bonds is 5. The first kappa shape index (κ1) is 13.7. The number of carbonyl (C=O) groups is 1. The molecule has 0 radical (unpaired) electrons. The lowest BCUT2D eigenvalue weighted by atomic mass is 10.1. The van der Waals surface area contributed by atoms with E-state index in [1.807, 2.05) is 12.1 Å². The van der Waals surface area contributed by atoms with Gasteiger partial charge >= 0.3 is 0 Å². The van der Waals surface area contributed by atoms with Crippen molar-refractivity contribution in [3.63, 3.8) is 0 Å². The van der Waals surface area contributed by atoms with Crippen LogP contribution in [0.1, 0.15) is 26.3 Å². The molecule has 1 aromatic rings. The van der Waals surface area contributed by atoms with Crippen molar-refractivity contribution in [2.45, 2.75) is 27.3 Å². The maximum Gasteiger partial charge on any atom is 0.231 e. The maximum absolute atomic E-state index is 11.3. The molecule has 0 aromatic heterocycles. The van der Waals surface area contributed by atoms with Crippen molar-refractivity contribution in [1.29, 1.82) is 0 Å². The zero-order chi connectivity index (χ0) is 13.8. The lowest BCUT2D eigenvalue weighted by Gasteiger charge is -2.20. The van der Waals surface area contributed by atoms with Gasteiger partial charge in [0.25, 0.3) is 0 Å². The van der Waals surface area contributed by atoms with E-state index in [1.54, 1.807) is 0 Å². The Bertz CT molecular complexity index is 470. The maximum atomic E-state index is 11.3. The van der Waals surface area contributed by atoms with E-state index in [4.69, 9.17) is 9.47 Å². The van der Waals surface area contributed by atoms with Gasteiger partial charge < -0.3 is 14.8 Å². The molecule has 104 valence electrons. The van der Waals surface area contributed by atoms with E-state index in [0.29, 0.717) is 5.75 Å². The Kier molecular flexibility index (Phi) is 4.27. The molecule has 0 saturated heterocycles. The molecule has 5 nitrogen and oxygen atoms in total. The van der Waals surface area contributed by atoms with E-state index in [2.05, 4.69) is 24.1 Å². The Balaban J connectivity index is 2.30. The normalized spacial score (nSPS) is 12.8. The molecule has 19 heavy (non-hydrogen) atoms. The molecule has 1 N–H and O–H groups in total. The molecule has 1 aromatic carbocycles. The lowest BCUT2D eigenvalue weighted by molar-refractivity contribution is -0.114. The van der Waals surface area contributed by atoms with Crippen LogP contribution in [0.5, 0.6) is 11.5 Å². The lowest BCUT2D eigenvalue weighted by Crippen LogP contribution is -2.23. The molecule has 1 heterocycles. The largest absolute Gasteiger partial charge is 0.454 e. The summed E-state index contributed by atoms with van der Waals surface area (Å²) < 4.78 is 10.7. The van der Waals surface area contributed by atoms with Gasteiger partial charge in [0.1, 0.15) is 0 Å². The van der Waals surface area contributed by atoms with Gasteiger partial charge in [-0.25, -0.2) is 0 Å². The summed E-state index contributed by atoms with van der Waals surface area (Å²) in [5.41, 5.74) is 1.84. The number of fused-ring (bicyclic) bond motifs is 1. The predicted octanol–water partition coefficient (Wildman–Crippen LogP) is 2.22. The number of hydrogen-bond donors (Lipinski definition) is 1. The summed E-state index contributed by atoms with van der Waals surface area (Å²) in [6, 6.07) is 3.79. The molecule has 2 rings (SSSR count). The van der Waals surface area contributed by atoms with Crippen LogP contribution in [0.25, 0.3) is 0 Å². The number of hydrogen-bond acceptors (Lipinski definition) is 4. The molecule has 0 aliphatic carbocycles. The highest BCUT2D eigenvalue weighted by atomic mass is 16.7. The van der Waals surface area contributed by atoms with Crippen molar-refractivity contribution in [2.24, 2.45) is 0 Å². The average Bonchev–Trinajstić information content (AvgIpc) is 2.82. The summed E-state index contributed by atoms with van der Waals surface area (Å²) in [5.74, 6) is 1.35. The number of nitrogens with one attached hydrogen (secondary N) is 1. The van der Waals surface area contributed by atoms with Gasteiger partial charge in [0.15, 0.2) is 11.5 Å². The summed E-state index contributed by atoms with van der Waals surface area (Å²) in [6.45, 7) is 8.69. The van der Waals surface area contributed by atoms with Gasteiger partial charge in [0.05, 0.1) is 0 Å². The molecule has 5 heteroatoms. The molecule has 1 amide bonds. The van der Waals surface area contributed by atoms with E-state index < -0.39 is 0 Å². The first-order valence-corrected chi connectivity index (χ1v) is 6.56. The zero-order valence-electron chi connectivity index (χ0n) is 11.7. The molecule has 0 fully saturated rings. The van der Waals surface area contributed by atoms with Crippen LogP contribution in [-0.2, 0) is 11.3 Å². The smallest absolute Gasteiger partial charge is 0.231 e. The summed E-state index contributed by atoms with van der Waals surface area (Å²) in [7, 11) is 0. The molecule has 0 atom stereocenters. The highest BCUT2D eigenvalue weighted by Crippen LogP contribution is 2.37. The summed E-state index contributed by atoms with van der Waals surface area (Å²) in [6.07, 6.45) is 0.